The maximum absolute atomic E-state index is 14.2. The lowest BCUT2D eigenvalue weighted by atomic mass is 10.2. The second-order valence-electron chi connectivity index (χ2n) is 7.27. The maximum Gasteiger partial charge on any atom is 0.132 e. The van der Waals surface area contributed by atoms with E-state index < -0.39 is 0 Å². The molecule has 1 N–H and O–H groups in total. The summed E-state index contributed by atoms with van der Waals surface area (Å²) >= 11 is 0. The zero-order valence-corrected chi connectivity index (χ0v) is 17.2. The quantitative estimate of drug-likeness (QED) is 0.503. The Kier molecular flexibility index (Phi) is 7.85. The van der Waals surface area contributed by atoms with Crippen LogP contribution < -0.4 is 9.64 Å². The van der Waals surface area contributed by atoms with Crippen molar-refractivity contribution < 1.29 is 18.8 Å². The van der Waals surface area contributed by atoms with Crippen LogP contribution in [0.5, 0.6) is 5.75 Å². The van der Waals surface area contributed by atoms with Crippen molar-refractivity contribution in [1.29, 1.82) is 0 Å². The van der Waals surface area contributed by atoms with Crippen LogP contribution in [-0.2, 0) is 24.4 Å². The van der Waals surface area contributed by atoms with Crippen molar-refractivity contribution >= 4 is 0 Å². The Hall–Kier alpha value is -2.63. The van der Waals surface area contributed by atoms with Crippen molar-refractivity contribution in [2.45, 2.75) is 26.1 Å². The van der Waals surface area contributed by atoms with Crippen LogP contribution in [0.1, 0.15) is 23.2 Å². The summed E-state index contributed by atoms with van der Waals surface area (Å²) in [6, 6.07) is 19.4. The molecule has 3 rings (SSSR count). The Labute approximate surface area is 172 Å². The van der Waals surface area contributed by atoms with Gasteiger partial charge >= 0.3 is 0 Å². The average molecular weight is 398 g/mol. The van der Waals surface area contributed by atoms with E-state index in [-0.39, 0.29) is 5.82 Å². The first-order valence-electron chi connectivity index (χ1n) is 10.0. The van der Waals surface area contributed by atoms with Gasteiger partial charge in [0.25, 0.3) is 0 Å². The predicted molar refractivity (Wildman–Crippen MR) is 113 cm³/mol. The van der Waals surface area contributed by atoms with Gasteiger partial charge in [-0.15, -0.1) is 0 Å². The van der Waals surface area contributed by atoms with Gasteiger partial charge in [-0.1, -0.05) is 30.3 Å². The number of nitrogens with one attached hydrogen (secondary N) is 1. The summed E-state index contributed by atoms with van der Waals surface area (Å²) in [5.74, 6) is 0.728. The SMILES string of the molecule is COCCC[NH+](Cc1ccccc1F)Cc1cccn1Cc1cccc(OC)c1. The van der Waals surface area contributed by atoms with Crippen LogP contribution in [0, 0.1) is 5.82 Å². The van der Waals surface area contributed by atoms with E-state index in [1.807, 2.05) is 24.3 Å². The zero-order chi connectivity index (χ0) is 20.5. The molecule has 0 bridgehead atoms. The Morgan fingerprint density at radius 2 is 1.83 bits per heavy atom. The molecule has 0 spiro atoms. The monoisotopic (exact) mass is 397 g/mol. The molecule has 154 valence electrons. The van der Waals surface area contributed by atoms with E-state index in [0.717, 1.165) is 37.4 Å². The number of hydrogen-bond donors (Lipinski definition) is 1. The molecule has 5 heteroatoms. The highest BCUT2D eigenvalue weighted by Gasteiger charge is 2.15. The molecule has 0 aliphatic rings. The molecule has 29 heavy (non-hydrogen) atoms. The van der Waals surface area contributed by atoms with Crippen molar-refractivity contribution in [3.63, 3.8) is 0 Å². The van der Waals surface area contributed by atoms with E-state index >= 15 is 0 Å². The largest absolute Gasteiger partial charge is 0.497 e. The van der Waals surface area contributed by atoms with Gasteiger partial charge in [0.1, 0.15) is 24.7 Å². The second-order valence-corrected chi connectivity index (χ2v) is 7.27. The number of benzene rings is 2. The third-order valence-corrected chi connectivity index (χ3v) is 5.12. The summed E-state index contributed by atoms with van der Waals surface area (Å²) in [5.41, 5.74) is 3.18. The van der Waals surface area contributed by atoms with Crippen LogP contribution in [0.2, 0.25) is 0 Å². The predicted octanol–water partition coefficient (Wildman–Crippen LogP) is 3.31. The van der Waals surface area contributed by atoms with Crippen molar-refractivity contribution in [2.24, 2.45) is 0 Å². The summed E-state index contributed by atoms with van der Waals surface area (Å²) in [5, 5.41) is 0. The number of ether oxygens (including phenoxy) is 2. The first kappa shape index (κ1) is 21.1. The number of quaternary nitrogens is 1. The topological polar surface area (TPSA) is 27.8 Å². The van der Waals surface area contributed by atoms with Gasteiger partial charge in [-0.2, -0.15) is 0 Å². The lowest BCUT2D eigenvalue weighted by molar-refractivity contribution is -0.928. The molecule has 0 amide bonds. The van der Waals surface area contributed by atoms with E-state index in [4.69, 9.17) is 9.47 Å². The Balaban J connectivity index is 1.73. The summed E-state index contributed by atoms with van der Waals surface area (Å²) in [6.45, 7) is 3.90. The van der Waals surface area contributed by atoms with E-state index in [9.17, 15) is 4.39 Å². The van der Waals surface area contributed by atoms with Gasteiger partial charge in [0.2, 0.25) is 0 Å². The van der Waals surface area contributed by atoms with Gasteiger partial charge in [0.05, 0.1) is 26.0 Å². The molecule has 1 unspecified atom stereocenters. The average Bonchev–Trinajstić information content (AvgIpc) is 3.16. The summed E-state index contributed by atoms with van der Waals surface area (Å²) in [7, 11) is 3.40. The van der Waals surface area contributed by atoms with Gasteiger partial charge in [0, 0.05) is 31.8 Å². The fourth-order valence-corrected chi connectivity index (χ4v) is 3.60. The molecule has 2 aromatic carbocycles. The molecular formula is C24H30FN2O2+. The first-order chi connectivity index (χ1) is 14.2. The second kappa shape index (κ2) is 10.8. The maximum atomic E-state index is 14.2. The van der Waals surface area contributed by atoms with Gasteiger partial charge in [-0.05, 0) is 35.9 Å². The van der Waals surface area contributed by atoms with Crippen molar-refractivity contribution in [3.05, 3.63) is 89.5 Å². The van der Waals surface area contributed by atoms with Crippen LogP contribution >= 0.6 is 0 Å². The fraction of sp³-hybridized carbons (Fsp3) is 0.333. The molecule has 1 atom stereocenters. The van der Waals surface area contributed by atoms with Crippen molar-refractivity contribution in [1.82, 2.24) is 4.57 Å². The molecule has 0 aliphatic heterocycles. The first-order valence-corrected chi connectivity index (χ1v) is 10.0. The molecule has 0 saturated carbocycles. The highest BCUT2D eigenvalue weighted by Crippen LogP contribution is 2.15. The molecular weight excluding hydrogens is 367 g/mol. The third-order valence-electron chi connectivity index (χ3n) is 5.12. The number of halogens is 1. The fourth-order valence-electron chi connectivity index (χ4n) is 3.60. The molecule has 0 saturated heterocycles. The Bertz CT molecular complexity index is 894. The van der Waals surface area contributed by atoms with Crippen LogP contribution in [0.25, 0.3) is 0 Å². The van der Waals surface area contributed by atoms with E-state index in [1.54, 1.807) is 20.3 Å². The Morgan fingerprint density at radius 3 is 2.62 bits per heavy atom. The van der Waals surface area contributed by atoms with Crippen molar-refractivity contribution in [2.75, 3.05) is 27.4 Å². The molecule has 0 radical (unpaired) electrons. The highest BCUT2D eigenvalue weighted by molar-refractivity contribution is 5.29. The summed E-state index contributed by atoms with van der Waals surface area (Å²) < 4.78 is 27.0. The van der Waals surface area contributed by atoms with E-state index in [1.165, 1.54) is 22.2 Å². The van der Waals surface area contributed by atoms with Gasteiger partial charge in [-0.3, -0.25) is 0 Å². The minimum Gasteiger partial charge on any atom is -0.497 e. The minimum absolute atomic E-state index is 0.136. The Morgan fingerprint density at radius 1 is 0.966 bits per heavy atom. The molecule has 1 heterocycles. The normalized spacial score (nSPS) is 12.1. The van der Waals surface area contributed by atoms with Crippen LogP contribution in [0.3, 0.4) is 0 Å². The number of methoxy groups -OCH3 is 2. The van der Waals surface area contributed by atoms with Gasteiger partial charge in [0.15, 0.2) is 0 Å². The highest BCUT2D eigenvalue weighted by atomic mass is 19.1. The number of rotatable bonds is 11. The smallest absolute Gasteiger partial charge is 0.132 e. The third kappa shape index (κ3) is 6.17. The number of hydrogen-bond acceptors (Lipinski definition) is 2. The lowest BCUT2D eigenvalue weighted by Crippen LogP contribution is -3.09. The molecule has 4 nitrogen and oxygen atoms in total. The van der Waals surface area contributed by atoms with Gasteiger partial charge in [-0.25, -0.2) is 4.39 Å². The number of nitrogens with zero attached hydrogens (tertiary/aromatic N) is 1. The molecule has 1 aromatic heterocycles. The standard InChI is InChI=1S/C24H29FN2O2/c1-28-15-7-13-26(18-21-9-3-4-12-24(21)25)19-22-10-6-14-27(22)17-20-8-5-11-23(16-20)29-2/h3-6,8-12,14,16H,7,13,15,17-19H2,1-2H3/p+1. The zero-order valence-electron chi connectivity index (χ0n) is 17.2. The molecule has 0 fully saturated rings. The van der Waals surface area contributed by atoms with E-state index in [0.29, 0.717) is 13.2 Å². The van der Waals surface area contributed by atoms with Crippen LogP contribution in [-0.4, -0.2) is 31.9 Å². The van der Waals surface area contributed by atoms with E-state index in [2.05, 4.69) is 35.0 Å². The van der Waals surface area contributed by atoms with Crippen LogP contribution in [0.15, 0.2) is 66.9 Å². The lowest BCUT2D eigenvalue weighted by Gasteiger charge is -2.21. The minimum atomic E-state index is -0.136. The summed E-state index contributed by atoms with van der Waals surface area (Å²) in [6.07, 6.45) is 3.04. The molecule has 3 aromatic rings. The van der Waals surface area contributed by atoms with Gasteiger partial charge < -0.3 is 18.9 Å². The van der Waals surface area contributed by atoms with Crippen LogP contribution in [0.4, 0.5) is 4.39 Å². The number of aromatic nitrogens is 1. The molecule has 0 aliphatic carbocycles. The van der Waals surface area contributed by atoms with Crippen molar-refractivity contribution in [3.8, 4) is 5.75 Å². The summed E-state index contributed by atoms with van der Waals surface area (Å²) in [4.78, 5) is 1.32.